The molecule has 0 fully saturated rings. The van der Waals surface area contributed by atoms with E-state index < -0.39 is 8.25 Å². The minimum atomic E-state index is -2.59. The fourth-order valence-electron chi connectivity index (χ4n) is 0.702. The van der Waals surface area contributed by atoms with Crippen LogP contribution >= 0.6 is 8.25 Å². The first-order valence-corrected chi connectivity index (χ1v) is 4.26. The lowest BCUT2D eigenvalue weighted by atomic mass is 10.3. The van der Waals surface area contributed by atoms with Gasteiger partial charge in [-0.15, -0.1) is 4.89 Å². The Bertz CT molecular complexity index is 275. The second-order valence-electron chi connectivity index (χ2n) is 2.00. The van der Waals surface area contributed by atoms with Crippen molar-refractivity contribution in [3.05, 3.63) is 24.3 Å². The monoisotopic (exact) mass is 187 g/mol. The SMILES string of the molecule is NNc1ccc(O[P+](=O)O)cc1. The minimum absolute atomic E-state index is 0.331. The molecule has 1 atom stereocenters. The Balaban J connectivity index is 2.71. The van der Waals surface area contributed by atoms with E-state index in [1.165, 1.54) is 0 Å². The lowest BCUT2D eigenvalue weighted by Gasteiger charge is -1.97. The van der Waals surface area contributed by atoms with Crippen LogP contribution in [0.3, 0.4) is 0 Å². The van der Waals surface area contributed by atoms with Crippen LogP contribution < -0.4 is 15.8 Å². The van der Waals surface area contributed by atoms with Gasteiger partial charge < -0.3 is 5.43 Å². The van der Waals surface area contributed by atoms with Crippen molar-refractivity contribution < 1.29 is 14.0 Å². The van der Waals surface area contributed by atoms with Gasteiger partial charge in [-0.05, 0) is 24.3 Å². The molecule has 1 unspecified atom stereocenters. The van der Waals surface area contributed by atoms with E-state index in [9.17, 15) is 4.57 Å². The number of hydrogen-bond donors (Lipinski definition) is 3. The third kappa shape index (κ3) is 2.47. The van der Waals surface area contributed by atoms with Gasteiger partial charge in [0, 0.05) is 10.3 Å². The van der Waals surface area contributed by atoms with Crippen LogP contribution in [0.25, 0.3) is 0 Å². The first-order valence-electron chi connectivity index (χ1n) is 3.13. The van der Waals surface area contributed by atoms with Crippen LogP contribution in [0.15, 0.2) is 24.3 Å². The highest BCUT2D eigenvalue weighted by Gasteiger charge is 2.13. The second kappa shape index (κ2) is 4.01. The highest BCUT2D eigenvalue weighted by atomic mass is 31.1. The maximum Gasteiger partial charge on any atom is 0.747 e. The molecular formula is C6H8N2O3P+. The zero-order valence-corrected chi connectivity index (χ0v) is 6.99. The van der Waals surface area contributed by atoms with Gasteiger partial charge in [0.25, 0.3) is 0 Å². The summed E-state index contributed by atoms with van der Waals surface area (Å²) >= 11 is 0. The van der Waals surface area contributed by atoms with Gasteiger partial charge in [-0.2, -0.15) is 0 Å². The van der Waals surface area contributed by atoms with Crippen molar-refractivity contribution in [2.24, 2.45) is 5.84 Å². The van der Waals surface area contributed by atoms with Crippen molar-refractivity contribution in [1.29, 1.82) is 0 Å². The summed E-state index contributed by atoms with van der Waals surface area (Å²) in [6.45, 7) is 0. The molecule has 0 saturated carbocycles. The molecule has 64 valence electrons. The van der Waals surface area contributed by atoms with Crippen LogP contribution in [-0.2, 0) is 4.57 Å². The predicted molar refractivity (Wildman–Crippen MR) is 44.7 cm³/mol. The van der Waals surface area contributed by atoms with Crippen LogP contribution in [0.2, 0.25) is 0 Å². The van der Waals surface area contributed by atoms with Gasteiger partial charge in [-0.3, -0.25) is 5.84 Å². The molecule has 0 spiro atoms. The third-order valence-corrected chi connectivity index (χ3v) is 1.57. The van der Waals surface area contributed by atoms with Crippen LogP contribution in [0.4, 0.5) is 5.69 Å². The van der Waals surface area contributed by atoms with Crippen LogP contribution in [0.5, 0.6) is 5.75 Å². The first-order chi connectivity index (χ1) is 5.72. The molecule has 0 aromatic heterocycles. The number of nitrogens with two attached hydrogens (primary N) is 1. The number of rotatable bonds is 3. The summed E-state index contributed by atoms with van der Waals surface area (Å²) in [4.78, 5) is 8.38. The molecule has 0 aliphatic heterocycles. The van der Waals surface area contributed by atoms with Crippen LogP contribution in [0.1, 0.15) is 0 Å². The average Bonchev–Trinajstić information content (AvgIpc) is 2.05. The van der Waals surface area contributed by atoms with Gasteiger partial charge in [-0.1, -0.05) is 0 Å². The van der Waals surface area contributed by atoms with Gasteiger partial charge in [-0.25, -0.2) is 4.52 Å². The van der Waals surface area contributed by atoms with E-state index in [2.05, 4.69) is 9.95 Å². The molecule has 6 heteroatoms. The molecule has 5 nitrogen and oxygen atoms in total. The summed E-state index contributed by atoms with van der Waals surface area (Å²) in [5.41, 5.74) is 3.12. The molecule has 0 bridgehead atoms. The van der Waals surface area contributed by atoms with Crippen molar-refractivity contribution >= 4 is 13.9 Å². The molecule has 0 amide bonds. The highest BCUT2D eigenvalue weighted by molar-refractivity contribution is 7.32. The highest BCUT2D eigenvalue weighted by Crippen LogP contribution is 2.23. The van der Waals surface area contributed by atoms with Gasteiger partial charge >= 0.3 is 8.25 Å². The van der Waals surface area contributed by atoms with Crippen molar-refractivity contribution in [3.8, 4) is 5.75 Å². The summed E-state index contributed by atoms with van der Waals surface area (Å²) in [6.07, 6.45) is 0. The predicted octanol–water partition coefficient (Wildman–Crippen LogP) is 1.00. The van der Waals surface area contributed by atoms with E-state index in [1.54, 1.807) is 24.3 Å². The van der Waals surface area contributed by atoms with E-state index >= 15 is 0 Å². The molecule has 4 N–H and O–H groups in total. The quantitative estimate of drug-likeness (QED) is 0.373. The van der Waals surface area contributed by atoms with Gasteiger partial charge in [0.2, 0.25) is 0 Å². The Labute approximate surface area is 70.1 Å². The number of nitrogen functional groups attached to an aromatic ring is 1. The number of anilines is 1. The number of benzene rings is 1. The van der Waals surface area contributed by atoms with Gasteiger partial charge in [0.15, 0.2) is 5.75 Å². The fraction of sp³-hybridized carbons (Fsp3) is 0. The Kier molecular flexibility index (Phi) is 2.99. The smallest absolute Gasteiger partial charge is 0.324 e. The fourth-order valence-corrected chi connectivity index (χ4v) is 1.00. The van der Waals surface area contributed by atoms with Gasteiger partial charge in [0.05, 0.1) is 0 Å². The topological polar surface area (TPSA) is 84.6 Å². The van der Waals surface area contributed by atoms with E-state index in [4.69, 9.17) is 10.7 Å². The molecule has 12 heavy (non-hydrogen) atoms. The lowest BCUT2D eigenvalue weighted by Crippen LogP contribution is -2.05. The summed E-state index contributed by atoms with van der Waals surface area (Å²) in [6, 6.07) is 6.35. The van der Waals surface area contributed by atoms with Crippen molar-refractivity contribution in [3.63, 3.8) is 0 Å². The molecule has 0 heterocycles. The minimum Gasteiger partial charge on any atom is -0.324 e. The zero-order valence-electron chi connectivity index (χ0n) is 6.10. The standard InChI is InChI=1S/C6H7N2O3P/c7-8-5-1-3-6(4-2-5)11-12(9)10/h1-4,8H,7H2/p+1. The van der Waals surface area contributed by atoms with E-state index in [0.717, 1.165) is 0 Å². The Morgan fingerprint density at radius 1 is 1.42 bits per heavy atom. The summed E-state index contributed by atoms with van der Waals surface area (Å²) in [5, 5.41) is 0. The maximum absolute atomic E-state index is 10.2. The summed E-state index contributed by atoms with van der Waals surface area (Å²) in [5.74, 6) is 5.43. The Morgan fingerprint density at radius 2 is 2.00 bits per heavy atom. The second-order valence-corrected chi connectivity index (χ2v) is 2.66. The van der Waals surface area contributed by atoms with Crippen molar-refractivity contribution in [1.82, 2.24) is 0 Å². The third-order valence-electron chi connectivity index (χ3n) is 1.20. The largest absolute Gasteiger partial charge is 0.747 e. The maximum atomic E-state index is 10.2. The lowest BCUT2D eigenvalue weighted by molar-refractivity contribution is 0.410. The molecule has 0 saturated heterocycles. The molecule has 0 aliphatic rings. The zero-order chi connectivity index (χ0) is 8.97. The molecule has 0 radical (unpaired) electrons. The average molecular weight is 187 g/mol. The molecule has 1 aromatic carbocycles. The van der Waals surface area contributed by atoms with E-state index in [-0.39, 0.29) is 0 Å². The van der Waals surface area contributed by atoms with E-state index in [1.807, 2.05) is 0 Å². The number of hydrogen-bond acceptors (Lipinski definition) is 4. The van der Waals surface area contributed by atoms with E-state index in [0.29, 0.717) is 11.4 Å². The molecule has 1 rings (SSSR count). The van der Waals surface area contributed by atoms with Crippen LogP contribution in [-0.4, -0.2) is 4.89 Å². The summed E-state index contributed by atoms with van der Waals surface area (Å²) in [7, 11) is -2.59. The first kappa shape index (κ1) is 8.93. The normalized spacial score (nSPS) is 10.7. The number of hydrazine groups is 1. The van der Waals surface area contributed by atoms with Crippen molar-refractivity contribution in [2.45, 2.75) is 0 Å². The molecular weight excluding hydrogens is 179 g/mol. The number of nitrogens with one attached hydrogen (secondary N) is 1. The Morgan fingerprint density at radius 3 is 2.42 bits per heavy atom. The molecule has 1 aromatic rings. The van der Waals surface area contributed by atoms with Crippen LogP contribution in [0, 0.1) is 0 Å². The van der Waals surface area contributed by atoms with Crippen molar-refractivity contribution in [2.75, 3.05) is 5.43 Å². The Hall–Kier alpha value is -1.16. The van der Waals surface area contributed by atoms with Gasteiger partial charge in [0.1, 0.15) is 0 Å². The molecule has 0 aliphatic carbocycles. The summed E-state index contributed by atoms with van der Waals surface area (Å²) < 4.78 is 14.7.